The number of benzene rings is 1. The van der Waals surface area contributed by atoms with Crippen LogP contribution in [0.15, 0.2) is 40.5 Å². The summed E-state index contributed by atoms with van der Waals surface area (Å²) in [6, 6.07) is 9.74. The van der Waals surface area contributed by atoms with Crippen LogP contribution in [0.5, 0.6) is 0 Å². The standard InChI is InChI=1S/C15H14N2O2S2/c1-19-7-6-17-12(8-14(18)16-15(17)20)11-9-21-13-5-3-2-4-10(11)13/h2-5,8-9H,6-7H2,1H3,(H,16,18,20). The average Bonchev–Trinajstić information content (AvgIpc) is 2.89. The van der Waals surface area contributed by atoms with E-state index in [-0.39, 0.29) is 5.56 Å². The van der Waals surface area contributed by atoms with E-state index in [1.54, 1.807) is 24.5 Å². The number of aromatic amines is 1. The highest BCUT2D eigenvalue weighted by atomic mass is 32.1. The lowest BCUT2D eigenvalue weighted by Gasteiger charge is -2.12. The van der Waals surface area contributed by atoms with Crippen molar-refractivity contribution in [2.24, 2.45) is 0 Å². The van der Waals surface area contributed by atoms with Crippen molar-refractivity contribution in [3.63, 3.8) is 0 Å². The minimum Gasteiger partial charge on any atom is -0.383 e. The van der Waals surface area contributed by atoms with Crippen LogP contribution in [0.4, 0.5) is 0 Å². The summed E-state index contributed by atoms with van der Waals surface area (Å²) in [6.45, 7) is 1.14. The SMILES string of the molecule is COCCn1c(-c2csc3ccccc23)cc(=O)[nH]c1=S. The third kappa shape index (κ3) is 2.70. The lowest BCUT2D eigenvalue weighted by atomic mass is 10.1. The maximum Gasteiger partial charge on any atom is 0.252 e. The van der Waals surface area contributed by atoms with Crippen molar-refractivity contribution >= 4 is 33.6 Å². The van der Waals surface area contributed by atoms with Gasteiger partial charge in [0.05, 0.1) is 12.3 Å². The molecule has 2 heterocycles. The number of fused-ring (bicyclic) bond motifs is 1. The smallest absolute Gasteiger partial charge is 0.252 e. The largest absolute Gasteiger partial charge is 0.383 e. The molecule has 0 spiro atoms. The van der Waals surface area contributed by atoms with E-state index in [0.29, 0.717) is 17.9 Å². The van der Waals surface area contributed by atoms with Crippen LogP contribution in [-0.2, 0) is 11.3 Å². The molecule has 21 heavy (non-hydrogen) atoms. The Hall–Kier alpha value is -1.76. The molecular formula is C15H14N2O2S2. The van der Waals surface area contributed by atoms with Crippen LogP contribution in [0.25, 0.3) is 21.3 Å². The van der Waals surface area contributed by atoms with Gasteiger partial charge in [0.15, 0.2) is 4.77 Å². The number of H-pyrrole nitrogens is 1. The van der Waals surface area contributed by atoms with E-state index >= 15 is 0 Å². The van der Waals surface area contributed by atoms with Crippen LogP contribution >= 0.6 is 23.6 Å². The molecule has 0 unspecified atom stereocenters. The van der Waals surface area contributed by atoms with E-state index in [9.17, 15) is 4.79 Å². The highest BCUT2D eigenvalue weighted by Gasteiger charge is 2.11. The third-order valence-corrected chi connectivity index (χ3v) is 4.60. The number of nitrogens with one attached hydrogen (secondary N) is 1. The quantitative estimate of drug-likeness (QED) is 0.750. The molecule has 1 N–H and O–H groups in total. The van der Waals surface area contributed by atoms with Gasteiger partial charge < -0.3 is 9.30 Å². The van der Waals surface area contributed by atoms with Crippen LogP contribution in [-0.4, -0.2) is 23.3 Å². The molecule has 0 atom stereocenters. The fraction of sp³-hybridized carbons (Fsp3) is 0.200. The second-order valence-electron chi connectivity index (χ2n) is 4.61. The fourth-order valence-corrected chi connectivity index (χ4v) is 3.57. The van der Waals surface area contributed by atoms with Gasteiger partial charge in [0.25, 0.3) is 5.56 Å². The normalized spacial score (nSPS) is 11.1. The zero-order valence-corrected chi connectivity index (χ0v) is 13.1. The Labute approximate surface area is 130 Å². The van der Waals surface area contributed by atoms with E-state index in [0.717, 1.165) is 16.6 Å². The van der Waals surface area contributed by atoms with Gasteiger partial charge in [0, 0.05) is 40.8 Å². The van der Waals surface area contributed by atoms with Gasteiger partial charge >= 0.3 is 0 Å². The minimum atomic E-state index is -0.182. The number of methoxy groups -OCH3 is 1. The Morgan fingerprint density at radius 3 is 3.00 bits per heavy atom. The maximum atomic E-state index is 11.8. The lowest BCUT2D eigenvalue weighted by Crippen LogP contribution is -2.16. The molecule has 3 aromatic rings. The van der Waals surface area contributed by atoms with Crippen molar-refractivity contribution in [1.29, 1.82) is 0 Å². The van der Waals surface area contributed by atoms with Crippen LogP contribution in [0.1, 0.15) is 0 Å². The molecule has 3 rings (SSSR count). The molecule has 0 amide bonds. The Bertz CT molecular complexity index is 892. The molecule has 0 aliphatic rings. The van der Waals surface area contributed by atoms with Crippen molar-refractivity contribution in [2.45, 2.75) is 6.54 Å². The Morgan fingerprint density at radius 1 is 1.38 bits per heavy atom. The van der Waals surface area contributed by atoms with Crippen LogP contribution < -0.4 is 5.56 Å². The van der Waals surface area contributed by atoms with Crippen molar-refractivity contribution in [2.75, 3.05) is 13.7 Å². The van der Waals surface area contributed by atoms with Gasteiger partial charge in [-0.25, -0.2) is 0 Å². The summed E-state index contributed by atoms with van der Waals surface area (Å²) in [7, 11) is 1.65. The Morgan fingerprint density at radius 2 is 2.19 bits per heavy atom. The number of rotatable bonds is 4. The summed E-state index contributed by atoms with van der Waals surface area (Å²) in [6.07, 6.45) is 0. The molecule has 0 saturated heterocycles. The highest BCUT2D eigenvalue weighted by Crippen LogP contribution is 2.33. The van der Waals surface area contributed by atoms with Gasteiger partial charge in [-0.1, -0.05) is 18.2 Å². The molecule has 0 saturated carbocycles. The van der Waals surface area contributed by atoms with Gasteiger partial charge in [-0.3, -0.25) is 9.78 Å². The van der Waals surface area contributed by atoms with E-state index in [2.05, 4.69) is 22.5 Å². The average molecular weight is 318 g/mol. The molecule has 0 aliphatic heterocycles. The summed E-state index contributed by atoms with van der Waals surface area (Å²) < 4.78 is 8.66. The van der Waals surface area contributed by atoms with Crippen molar-refractivity contribution < 1.29 is 4.74 Å². The molecule has 6 heteroatoms. The summed E-state index contributed by atoms with van der Waals surface area (Å²) >= 11 is 6.95. The molecule has 1 aromatic carbocycles. The fourth-order valence-electron chi connectivity index (χ4n) is 2.32. The number of ether oxygens (including phenoxy) is 1. The molecule has 0 radical (unpaired) electrons. The van der Waals surface area contributed by atoms with Crippen molar-refractivity contribution in [1.82, 2.24) is 9.55 Å². The molecule has 108 valence electrons. The number of hydrogen-bond acceptors (Lipinski definition) is 4. The molecule has 4 nitrogen and oxygen atoms in total. The van der Waals surface area contributed by atoms with E-state index in [4.69, 9.17) is 17.0 Å². The second-order valence-corrected chi connectivity index (χ2v) is 5.91. The lowest BCUT2D eigenvalue weighted by molar-refractivity contribution is 0.187. The van der Waals surface area contributed by atoms with Gasteiger partial charge in [0.1, 0.15) is 0 Å². The predicted molar refractivity (Wildman–Crippen MR) is 88.6 cm³/mol. The second kappa shape index (κ2) is 5.93. The first-order chi connectivity index (χ1) is 10.2. The molecule has 0 bridgehead atoms. The van der Waals surface area contributed by atoms with Crippen LogP contribution in [0.3, 0.4) is 0 Å². The van der Waals surface area contributed by atoms with Crippen LogP contribution in [0, 0.1) is 4.77 Å². The van der Waals surface area contributed by atoms with Gasteiger partial charge in [-0.05, 0) is 18.3 Å². The molecule has 0 aliphatic carbocycles. The first-order valence-electron chi connectivity index (χ1n) is 6.50. The van der Waals surface area contributed by atoms with Crippen molar-refractivity contribution in [3.8, 4) is 11.3 Å². The van der Waals surface area contributed by atoms with E-state index in [1.165, 1.54) is 4.70 Å². The number of hydrogen-bond donors (Lipinski definition) is 1. The number of aromatic nitrogens is 2. The van der Waals surface area contributed by atoms with Crippen molar-refractivity contribution in [3.05, 3.63) is 50.8 Å². The predicted octanol–water partition coefficient (Wildman–Crippen LogP) is 3.43. The highest BCUT2D eigenvalue weighted by molar-refractivity contribution is 7.71. The monoisotopic (exact) mass is 318 g/mol. The summed E-state index contributed by atoms with van der Waals surface area (Å²) in [5, 5.41) is 3.20. The van der Waals surface area contributed by atoms with E-state index < -0.39 is 0 Å². The summed E-state index contributed by atoms with van der Waals surface area (Å²) in [4.78, 5) is 14.5. The van der Waals surface area contributed by atoms with Gasteiger partial charge in [-0.2, -0.15) is 0 Å². The van der Waals surface area contributed by atoms with Crippen LogP contribution in [0.2, 0.25) is 0 Å². The van der Waals surface area contributed by atoms with Gasteiger partial charge in [-0.15, -0.1) is 11.3 Å². The zero-order chi connectivity index (χ0) is 14.8. The minimum absolute atomic E-state index is 0.182. The maximum absolute atomic E-state index is 11.8. The van der Waals surface area contributed by atoms with E-state index in [1.807, 2.05) is 16.7 Å². The Balaban J connectivity index is 2.26. The third-order valence-electron chi connectivity index (χ3n) is 3.31. The summed E-state index contributed by atoms with van der Waals surface area (Å²) in [5.74, 6) is 0. The zero-order valence-electron chi connectivity index (χ0n) is 11.5. The molecule has 0 fully saturated rings. The summed E-state index contributed by atoms with van der Waals surface area (Å²) in [5.41, 5.74) is 1.68. The topological polar surface area (TPSA) is 47.0 Å². The number of nitrogens with zero attached hydrogens (tertiary/aromatic N) is 1. The van der Waals surface area contributed by atoms with Gasteiger partial charge in [0.2, 0.25) is 0 Å². The number of thiophene rings is 1. The first kappa shape index (κ1) is 14.2. The molecule has 2 aromatic heterocycles. The molecular weight excluding hydrogens is 304 g/mol. The Kier molecular flexibility index (Phi) is 4.01. The first-order valence-corrected chi connectivity index (χ1v) is 7.79.